The van der Waals surface area contributed by atoms with E-state index in [9.17, 15) is 4.79 Å². The molecule has 1 spiro atoms. The van der Waals surface area contributed by atoms with E-state index in [1.807, 2.05) is 24.3 Å². The third-order valence-corrected chi connectivity index (χ3v) is 7.41. The Morgan fingerprint density at radius 3 is 2.47 bits per heavy atom. The number of anilines is 1. The van der Waals surface area contributed by atoms with Crippen LogP contribution in [0.15, 0.2) is 66.7 Å². The van der Waals surface area contributed by atoms with Crippen molar-refractivity contribution in [3.8, 4) is 16.9 Å². The fraction of sp³-hybridized carbons (Fsp3) is 0.367. The Morgan fingerprint density at radius 2 is 1.75 bits per heavy atom. The van der Waals surface area contributed by atoms with E-state index in [-0.39, 0.29) is 12.4 Å². The molecule has 0 saturated carbocycles. The molecule has 0 unspecified atom stereocenters. The van der Waals surface area contributed by atoms with Crippen molar-refractivity contribution >= 4 is 11.7 Å². The highest BCUT2D eigenvalue weighted by Crippen LogP contribution is 2.40. The summed E-state index contributed by atoms with van der Waals surface area (Å²) in [5.41, 5.74) is 12.8. The molecule has 2 aliphatic heterocycles. The van der Waals surface area contributed by atoms with E-state index < -0.39 is 0 Å². The molecule has 36 heavy (non-hydrogen) atoms. The van der Waals surface area contributed by atoms with Gasteiger partial charge in [0.05, 0.1) is 26.7 Å². The number of nitrogens with zero attached hydrogens (tertiary/aromatic N) is 1. The van der Waals surface area contributed by atoms with Crippen LogP contribution in [0.25, 0.3) is 11.1 Å². The largest absolute Gasteiger partial charge is 0.489 e. The molecule has 2 aliphatic rings. The van der Waals surface area contributed by atoms with Crippen molar-refractivity contribution < 1.29 is 19.0 Å². The Balaban J connectivity index is 1.41. The zero-order valence-corrected chi connectivity index (χ0v) is 20.9. The van der Waals surface area contributed by atoms with Crippen molar-refractivity contribution in [1.29, 1.82) is 0 Å². The molecule has 0 atom stereocenters. The molecule has 0 aliphatic carbocycles. The average molecular weight is 487 g/mol. The van der Waals surface area contributed by atoms with E-state index in [0.717, 1.165) is 67.0 Å². The van der Waals surface area contributed by atoms with Crippen LogP contribution in [0.2, 0.25) is 0 Å². The van der Waals surface area contributed by atoms with Gasteiger partial charge in [-0.15, -0.1) is 0 Å². The van der Waals surface area contributed by atoms with Crippen molar-refractivity contribution in [1.82, 2.24) is 0 Å². The van der Waals surface area contributed by atoms with Gasteiger partial charge in [-0.25, -0.2) is 0 Å². The van der Waals surface area contributed by atoms with Crippen molar-refractivity contribution in [3.63, 3.8) is 0 Å². The lowest BCUT2D eigenvalue weighted by atomic mass is 9.76. The van der Waals surface area contributed by atoms with Crippen molar-refractivity contribution in [2.45, 2.75) is 32.4 Å². The van der Waals surface area contributed by atoms with E-state index in [1.165, 1.54) is 12.8 Å². The summed E-state index contributed by atoms with van der Waals surface area (Å²) in [5, 5.41) is 0. The number of piperidine rings is 1. The van der Waals surface area contributed by atoms with Crippen LogP contribution in [0.4, 0.5) is 5.69 Å². The Kier molecular flexibility index (Phi) is 7.25. The van der Waals surface area contributed by atoms with Gasteiger partial charge in [0.15, 0.2) is 0 Å². The number of methoxy groups -OCH3 is 1. The molecule has 2 N–H and O–H groups in total. The lowest BCUT2D eigenvalue weighted by molar-refractivity contribution is -0.139. The van der Waals surface area contributed by atoms with Crippen LogP contribution in [-0.2, 0) is 33.8 Å². The van der Waals surface area contributed by atoms with E-state index in [0.29, 0.717) is 24.3 Å². The third-order valence-electron chi connectivity index (χ3n) is 7.41. The van der Waals surface area contributed by atoms with Gasteiger partial charge in [0.2, 0.25) is 0 Å². The molecule has 0 radical (unpaired) electrons. The predicted molar refractivity (Wildman–Crippen MR) is 141 cm³/mol. The molecule has 0 amide bonds. The topological polar surface area (TPSA) is 74.0 Å². The number of carbonyl (C=O) groups excluding carboxylic acids is 1. The summed E-state index contributed by atoms with van der Waals surface area (Å²) in [7, 11) is 1.40. The van der Waals surface area contributed by atoms with Crippen LogP contribution in [-0.4, -0.2) is 39.4 Å². The van der Waals surface area contributed by atoms with E-state index in [4.69, 9.17) is 19.9 Å². The quantitative estimate of drug-likeness (QED) is 0.465. The summed E-state index contributed by atoms with van der Waals surface area (Å²) < 4.78 is 16.6. The van der Waals surface area contributed by atoms with Gasteiger partial charge in [-0.05, 0) is 65.4 Å². The lowest BCUT2D eigenvalue weighted by Gasteiger charge is -2.48. The first kappa shape index (κ1) is 24.3. The van der Waals surface area contributed by atoms with Gasteiger partial charge >= 0.3 is 5.97 Å². The highest BCUT2D eigenvalue weighted by atomic mass is 16.5. The van der Waals surface area contributed by atoms with Crippen LogP contribution in [0, 0.1) is 5.41 Å². The summed E-state index contributed by atoms with van der Waals surface area (Å²) >= 11 is 0. The number of esters is 1. The van der Waals surface area contributed by atoms with Gasteiger partial charge in [0, 0.05) is 36.3 Å². The first-order valence-corrected chi connectivity index (χ1v) is 12.6. The molecule has 0 aromatic heterocycles. The van der Waals surface area contributed by atoms with Gasteiger partial charge in [0.25, 0.3) is 0 Å². The number of rotatable bonds is 8. The maximum atomic E-state index is 11.9. The second-order valence-corrected chi connectivity index (χ2v) is 9.92. The summed E-state index contributed by atoms with van der Waals surface area (Å²) in [6.45, 7) is 4.77. The van der Waals surface area contributed by atoms with Crippen LogP contribution in [0.3, 0.4) is 0 Å². The Hall–Kier alpha value is -3.35. The first-order valence-electron chi connectivity index (χ1n) is 12.6. The number of carbonyl (C=O) groups is 1. The average Bonchev–Trinajstić information content (AvgIpc) is 2.91. The Labute approximate surface area is 213 Å². The minimum Gasteiger partial charge on any atom is -0.489 e. The molecule has 2 saturated heterocycles. The number of hydrogen-bond donors (Lipinski definition) is 1. The Bertz CT molecular complexity index is 1210. The lowest BCUT2D eigenvalue weighted by Crippen LogP contribution is -2.50. The molecule has 6 nitrogen and oxygen atoms in total. The van der Waals surface area contributed by atoms with Crippen molar-refractivity contribution in [2.24, 2.45) is 11.1 Å². The van der Waals surface area contributed by atoms with Crippen LogP contribution in [0.5, 0.6) is 5.75 Å². The van der Waals surface area contributed by atoms with Crippen LogP contribution >= 0.6 is 0 Å². The molecular weight excluding hydrogens is 452 g/mol. The molecule has 0 bridgehead atoms. The molecule has 2 heterocycles. The van der Waals surface area contributed by atoms with Gasteiger partial charge in [-0.1, -0.05) is 36.4 Å². The molecule has 188 valence electrons. The highest BCUT2D eigenvalue weighted by Gasteiger charge is 2.41. The standard InChI is InChI=1S/C30H34N2O4/c1-34-29(33)17-25-6-2-3-8-28(25)36-19-23-14-26(24-7-4-5-22(13-24)18-31)16-27(15-23)32-11-9-30(10-12-32)20-35-21-30/h2-8,13-16H,9-12,17-21,31H2,1H3. The fourth-order valence-electron chi connectivity index (χ4n) is 5.08. The molecule has 2 fully saturated rings. The first-order chi connectivity index (χ1) is 17.6. The number of hydrogen-bond acceptors (Lipinski definition) is 6. The van der Waals surface area contributed by atoms with E-state index in [2.05, 4.69) is 47.4 Å². The molecular formula is C30H34N2O4. The third kappa shape index (κ3) is 5.40. The number of nitrogens with two attached hydrogens (primary N) is 1. The van der Waals surface area contributed by atoms with Crippen LogP contribution in [0.1, 0.15) is 29.5 Å². The molecule has 3 aromatic carbocycles. The molecule has 5 rings (SSSR count). The van der Waals surface area contributed by atoms with Gasteiger partial charge in [0.1, 0.15) is 12.4 Å². The monoisotopic (exact) mass is 486 g/mol. The highest BCUT2D eigenvalue weighted by molar-refractivity contribution is 5.73. The zero-order valence-electron chi connectivity index (χ0n) is 20.9. The minimum absolute atomic E-state index is 0.184. The summed E-state index contributed by atoms with van der Waals surface area (Å²) in [6.07, 6.45) is 2.50. The summed E-state index contributed by atoms with van der Waals surface area (Å²) in [5.74, 6) is 0.416. The van der Waals surface area contributed by atoms with E-state index in [1.54, 1.807) is 0 Å². The normalized spacial score (nSPS) is 16.4. The summed E-state index contributed by atoms with van der Waals surface area (Å²) in [4.78, 5) is 14.3. The predicted octanol–water partition coefficient (Wildman–Crippen LogP) is 4.72. The number of ether oxygens (including phenoxy) is 3. The van der Waals surface area contributed by atoms with Crippen LogP contribution < -0.4 is 15.4 Å². The Morgan fingerprint density at radius 1 is 0.972 bits per heavy atom. The van der Waals surface area contributed by atoms with E-state index >= 15 is 0 Å². The zero-order chi connectivity index (χ0) is 25.0. The van der Waals surface area contributed by atoms with Crippen molar-refractivity contribution in [2.75, 3.05) is 38.3 Å². The minimum atomic E-state index is -0.283. The second kappa shape index (κ2) is 10.7. The maximum Gasteiger partial charge on any atom is 0.310 e. The maximum absolute atomic E-state index is 11.9. The molecule has 6 heteroatoms. The van der Waals surface area contributed by atoms with Gasteiger partial charge < -0.3 is 24.8 Å². The SMILES string of the molecule is COC(=O)Cc1ccccc1OCc1cc(-c2cccc(CN)c2)cc(N2CCC3(CC2)COC3)c1. The smallest absolute Gasteiger partial charge is 0.310 e. The molecule has 3 aromatic rings. The number of para-hydroxylation sites is 1. The summed E-state index contributed by atoms with van der Waals surface area (Å²) in [6, 6.07) is 22.7. The number of benzene rings is 3. The second-order valence-electron chi connectivity index (χ2n) is 9.92. The van der Waals surface area contributed by atoms with Gasteiger partial charge in [-0.3, -0.25) is 4.79 Å². The fourth-order valence-corrected chi connectivity index (χ4v) is 5.08. The van der Waals surface area contributed by atoms with Gasteiger partial charge in [-0.2, -0.15) is 0 Å². The van der Waals surface area contributed by atoms with Crippen molar-refractivity contribution in [3.05, 3.63) is 83.4 Å².